The Morgan fingerprint density at radius 3 is 2.90 bits per heavy atom. The van der Waals surface area contributed by atoms with Crippen molar-refractivity contribution >= 4 is 23.3 Å². The number of nitrogens with zero attached hydrogens (tertiary/aromatic N) is 2. The van der Waals surface area contributed by atoms with Gasteiger partial charge in [-0.3, -0.25) is 0 Å². The van der Waals surface area contributed by atoms with Gasteiger partial charge in [0.1, 0.15) is 0 Å². The number of nitriles is 1. The molecule has 2 aromatic rings. The first-order chi connectivity index (χ1) is 9.61. The van der Waals surface area contributed by atoms with E-state index in [2.05, 4.69) is 29.5 Å². The highest BCUT2D eigenvalue weighted by molar-refractivity contribution is 7.71. The van der Waals surface area contributed by atoms with E-state index < -0.39 is 0 Å². The highest BCUT2D eigenvalue weighted by Crippen LogP contribution is 2.39. The number of H-pyrrole nitrogens is 1. The minimum Gasteiger partial charge on any atom is -0.331 e. The van der Waals surface area contributed by atoms with Crippen molar-refractivity contribution in [2.45, 2.75) is 39.2 Å². The van der Waals surface area contributed by atoms with Crippen LogP contribution in [0.4, 0.5) is 0 Å². The van der Waals surface area contributed by atoms with Gasteiger partial charge in [-0.1, -0.05) is 26.7 Å². The second kappa shape index (κ2) is 5.06. The summed E-state index contributed by atoms with van der Waals surface area (Å²) < 4.78 is 3.02. The molecule has 104 valence electrons. The number of hydrogen-bond donors (Lipinski definition) is 1. The number of rotatable bonds is 1. The normalized spacial score (nSPS) is 26.6. The van der Waals surface area contributed by atoms with Gasteiger partial charge in [-0.25, -0.2) is 0 Å². The van der Waals surface area contributed by atoms with E-state index >= 15 is 0 Å². The minimum absolute atomic E-state index is 0.439. The highest BCUT2D eigenvalue weighted by atomic mass is 32.1. The van der Waals surface area contributed by atoms with Gasteiger partial charge in [-0.2, -0.15) is 5.26 Å². The molecule has 1 aliphatic rings. The third-order valence-corrected chi connectivity index (χ3v) is 5.14. The summed E-state index contributed by atoms with van der Waals surface area (Å²) in [7, 11) is 0. The zero-order chi connectivity index (χ0) is 14.3. The first-order valence-electron chi connectivity index (χ1n) is 7.26. The third-order valence-electron chi connectivity index (χ3n) is 4.84. The molecule has 1 N–H and O–H groups in total. The Labute approximate surface area is 124 Å². The van der Waals surface area contributed by atoms with E-state index in [0.29, 0.717) is 17.5 Å². The molecule has 20 heavy (non-hydrogen) atoms. The van der Waals surface area contributed by atoms with Crippen molar-refractivity contribution < 1.29 is 0 Å². The molecule has 3 atom stereocenters. The van der Waals surface area contributed by atoms with Crippen LogP contribution in [0, 0.1) is 27.9 Å². The molecule has 0 amide bonds. The summed E-state index contributed by atoms with van der Waals surface area (Å²) in [5.74, 6) is 1.33. The van der Waals surface area contributed by atoms with Crippen LogP contribution in [0.5, 0.6) is 0 Å². The molecule has 0 saturated heterocycles. The molecular formula is C16H19N3S. The second-order valence-corrected chi connectivity index (χ2v) is 6.37. The maximum atomic E-state index is 9.10. The molecule has 1 aromatic heterocycles. The average molecular weight is 285 g/mol. The van der Waals surface area contributed by atoms with Gasteiger partial charge in [-0.05, 0) is 48.7 Å². The van der Waals surface area contributed by atoms with Gasteiger partial charge in [0.25, 0.3) is 0 Å². The number of nitrogens with one attached hydrogen (secondary N) is 1. The van der Waals surface area contributed by atoms with Crippen LogP contribution in [0.25, 0.3) is 11.0 Å². The van der Waals surface area contributed by atoms with Gasteiger partial charge in [0.2, 0.25) is 0 Å². The standard InChI is InChI=1S/C16H19N3S/c1-10-4-3-5-14(11(10)2)19-15-8-12(9-17)6-7-13(15)18-16(19)20/h6-8,10-11,14H,3-5H2,1-2H3,(H,18,20). The van der Waals surface area contributed by atoms with E-state index in [1.54, 1.807) is 0 Å². The lowest BCUT2D eigenvalue weighted by Gasteiger charge is -2.35. The molecule has 3 rings (SSSR count). The fourth-order valence-electron chi connectivity index (χ4n) is 3.44. The van der Waals surface area contributed by atoms with Crippen LogP contribution in [-0.4, -0.2) is 9.55 Å². The van der Waals surface area contributed by atoms with Gasteiger partial charge in [0.05, 0.1) is 22.7 Å². The Balaban J connectivity index is 2.17. The van der Waals surface area contributed by atoms with Crippen molar-refractivity contribution in [3.05, 3.63) is 28.5 Å². The van der Waals surface area contributed by atoms with E-state index in [9.17, 15) is 0 Å². The number of aromatic nitrogens is 2. The zero-order valence-electron chi connectivity index (χ0n) is 11.9. The SMILES string of the molecule is CC1CCCC(n2c(=S)[nH]c3ccc(C#N)cc32)C1C. The van der Waals surface area contributed by atoms with Crippen molar-refractivity contribution in [1.82, 2.24) is 9.55 Å². The lowest BCUT2D eigenvalue weighted by atomic mass is 9.78. The number of imidazole rings is 1. The monoisotopic (exact) mass is 285 g/mol. The summed E-state index contributed by atoms with van der Waals surface area (Å²) in [6.07, 6.45) is 3.73. The highest BCUT2D eigenvalue weighted by Gasteiger charge is 2.29. The smallest absolute Gasteiger partial charge is 0.178 e. The molecule has 1 fully saturated rings. The van der Waals surface area contributed by atoms with Gasteiger partial charge < -0.3 is 9.55 Å². The van der Waals surface area contributed by atoms with Gasteiger partial charge >= 0.3 is 0 Å². The predicted molar refractivity (Wildman–Crippen MR) is 83.1 cm³/mol. The fourth-order valence-corrected chi connectivity index (χ4v) is 3.78. The van der Waals surface area contributed by atoms with E-state index in [0.717, 1.165) is 21.7 Å². The van der Waals surface area contributed by atoms with Crippen LogP contribution in [-0.2, 0) is 0 Å². The Hall–Kier alpha value is -1.60. The molecular weight excluding hydrogens is 266 g/mol. The lowest BCUT2D eigenvalue weighted by Crippen LogP contribution is -2.27. The molecule has 1 aliphatic carbocycles. The molecule has 0 bridgehead atoms. The Kier molecular flexibility index (Phi) is 3.39. The molecule has 1 aromatic carbocycles. The number of fused-ring (bicyclic) bond motifs is 1. The third kappa shape index (κ3) is 2.06. The molecule has 0 aliphatic heterocycles. The van der Waals surface area contributed by atoms with E-state index in [-0.39, 0.29) is 0 Å². The van der Waals surface area contributed by atoms with Crippen molar-refractivity contribution in [2.24, 2.45) is 11.8 Å². The summed E-state index contributed by atoms with van der Waals surface area (Å²) in [6, 6.07) is 8.40. The van der Waals surface area contributed by atoms with Gasteiger partial charge in [0.15, 0.2) is 4.77 Å². The summed E-state index contributed by atoms with van der Waals surface area (Å²) in [5, 5.41) is 9.10. The maximum Gasteiger partial charge on any atom is 0.178 e. The first kappa shape index (κ1) is 13.4. The van der Waals surface area contributed by atoms with Crippen molar-refractivity contribution in [1.29, 1.82) is 5.26 Å². The van der Waals surface area contributed by atoms with E-state index in [1.807, 2.05) is 18.2 Å². The van der Waals surface area contributed by atoms with Crippen molar-refractivity contribution in [3.63, 3.8) is 0 Å². The fraction of sp³-hybridized carbons (Fsp3) is 0.500. The summed E-state index contributed by atoms with van der Waals surface area (Å²) in [5.41, 5.74) is 2.79. The number of hydrogen-bond acceptors (Lipinski definition) is 2. The van der Waals surface area contributed by atoms with Crippen LogP contribution in [0.15, 0.2) is 18.2 Å². The maximum absolute atomic E-state index is 9.10. The zero-order valence-corrected chi connectivity index (χ0v) is 12.7. The molecule has 3 nitrogen and oxygen atoms in total. The van der Waals surface area contributed by atoms with Gasteiger partial charge in [0, 0.05) is 6.04 Å². The largest absolute Gasteiger partial charge is 0.331 e. The summed E-state index contributed by atoms with van der Waals surface area (Å²) >= 11 is 5.53. The van der Waals surface area contributed by atoms with E-state index in [4.69, 9.17) is 17.5 Å². The van der Waals surface area contributed by atoms with Crippen LogP contribution in [0.2, 0.25) is 0 Å². The first-order valence-corrected chi connectivity index (χ1v) is 7.67. The molecule has 3 unspecified atom stereocenters. The average Bonchev–Trinajstić information content (AvgIpc) is 2.77. The Morgan fingerprint density at radius 2 is 2.15 bits per heavy atom. The Bertz CT molecular complexity index is 734. The second-order valence-electron chi connectivity index (χ2n) is 5.98. The summed E-state index contributed by atoms with van der Waals surface area (Å²) in [4.78, 5) is 3.28. The lowest BCUT2D eigenvalue weighted by molar-refractivity contribution is 0.188. The molecule has 0 radical (unpaired) electrons. The minimum atomic E-state index is 0.439. The van der Waals surface area contributed by atoms with E-state index in [1.165, 1.54) is 19.3 Å². The van der Waals surface area contributed by atoms with Crippen LogP contribution in [0.1, 0.15) is 44.7 Å². The molecule has 0 spiro atoms. The van der Waals surface area contributed by atoms with Crippen LogP contribution in [0.3, 0.4) is 0 Å². The number of benzene rings is 1. The van der Waals surface area contributed by atoms with Gasteiger partial charge in [-0.15, -0.1) is 0 Å². The predicted octanol–water partition coefficient (Wildman–Crippen LogP) is 4.57. The number of aromatic amines is 1. The molecule has 4 heteroatoms. The molecule has 1 saturated carbocycles. The van der Waals surface area contributed by atoms with Crippen LogP contribution >= 0.6 is 12.2 Å². The molecule has 1 heterocycles. The van der Waals surface area contributed by atoms with Crippen molar-refractivity contribution in [2.75, 3.05) is 0 Å². The Morgan fingerprint density at radius 1 is 1.35 bits per heavy atom. The quantitative estimate of drug-likeness (QED) is 0.780. The summed E-state index contributed by atoms with van der Waals surface area (Å²) in [6.45, 7) is 4.65. The topological polar surface area (TPSA) is 44.5 Å². The van der Waals surface area contributed by atoms with Crippen molar-refractivity contribution in [3.8, 4) is 6.07 Å². The van der Waals surface area contributed by atoms with Crippen LogP contribution < -0.4 is 0 Å².